The molecule has 0 saturated carbocycles. The highest BCUT2D eigenvalue weighted by Gasteiger charge is 2.21. The Balaban J connectivity index is 2.45. The third-order valence-corrected chi connectivity index (χ3v) is 4.10. The van der Waals surface area contributed by atoms with Crippen molar-refractivity contribution < 1.29 is 27.6 Å². The van der Waals surface area contributed by atoms with E-state index in [9.17, 15) is 23.4 Å². The summed E-state index contributed by atoms with van der Waals surface area (Å²) in [7, 11) is -4.24. The molecule has 0 bridgehead atoms. The van der Waals surface area contributed by atoms with Crippen LogP contribution >= 0.6 is 0 Å². The minimum atomic E-state index is -4.24. The first-order valence-electron chi connectivity index (χ1n) is 6.07. The molecule has 0 radical (unpaired) electrons. The number of primary amides is 1. The van der Waals surface area contributed by atoms with Crippen LogP contribution in [0.4, 0.5) is 0 Å². The molecule has 0 spiro atoms. The number of amides is 1. The van der Waals surface area contributed by atoms with E-state index < -0.39 is 33.3 Å². The summed E-state index contributed by atoms with van der Waals surface area (Å²) in [4.78, 5) is 11.0. The zero-order chi connectivity index (χ0) is 16.5. The molecule has 2 aromatic rings. The van der Waals surface area contributed by atoms with E-state index in [1.807, 2.05) is 0 Å². The van der Waals surface area contributed by atoms with Crippen LogP contribution in [0.5, 0.6) is 17.2 Å². The lowest BCUT2D eigenvalue weighted by Crippen LogP contribution is -2.13. The maximum atomic E-state index is 12.1. The first kappa shape index (κ1) is 15.6. The van der Waals surface area contributed by atoms with Gasteiger partial charge in [-0.05, 0) is 31.2 Å². The maximum Gasteiger partial charge on any atom is 0.339 e. The highest BCUT2D eigenvalue weighted by atomic mass is 32.2. The predicted molar refractivity (Wildman–Crippen MR) is 77.3 cm³/mol. The van der Waals surface area contributed by atoms with Gasteiger partial charge in [-0.1, -0.05) is 17.7 Å². The van der Waals surface area contributed by atoms with Gasteiger partial charge in [0.1, 0.15) is 4.90 Å². The van der Waals surface area contributed by atoms with Gasteiger partial charge in [0.15, 0.2) is 11.5 Å². The largest absolute Gasteiger partial charge is 0.504 e. The fourth-order valence-electron chi connectivity index (χ4n) is 1.67. The average molecular weight is 323 g/mol. The summed E-state index contributed by atoms with van der Waals surface area (Å²) in [6, 6.07) is 7.66. The fraction of sp³-hybridized carbons (Fsp3) is 0.0714. The number of nitrogens with two attached hydrogens (primary N) is 1. The SMILES string of the molecule is Cc1ccc(S(=O)(=O)Oc2cc(C(N)=O)cc(O)c2O)cc1. The van der Waals surface area contributed by atoms with Crippen molar-refractivity contribution in [2.45, 2.75) is 11.8 Å². The molecule has 116 valence electrons. The molecule has 22 heavy (non-hydrogen) atoms. The third kappa shape index (κ3) is 3.12. The molecule has 0 aliphatic heterocycles. The number of aryl methyl sites for hydroxylation is 1. The van der Waals surface area contributed by atoms with Crippen molar-refractivity contribution >= 4 is 16.0 Å². The second-order valence-electron chi connectivity index (χ2n) is 4.56. The molecule has 0 aromatic heterocycles. The van der Waals surface area contributed by atoms with Crippen molar-refractivity contribution in [1.82, 2.24) is 0 Å². The van der Waals surface area contributed by atoms with Gasteiger partial charge in [0.25, 0.3) is 0 Å². The second-order valence-corrected chi connectivity index (χ2v) is 6.10. The Morgan fingerprint density at radius 3 is 2.27 bits per heavy atom. The minimum absolute atomic E-state index is 0.138. The molecular formula is C14H13NO6S. The molecule has 0 heterocycles. The Morgan fingerprint density at radius 1 is 1.14 bits per heavy atom. The van der Waals surface area contributed by atoms with Gasteiger partial charge in [-0.2, -0.15) is 8.42 Å². The number of phenolic OH excluding ortho intramolecular Hbond substituents is 2. The summed E-state index contributed by atoms with van der Waals surface area (Å²) < 4.78 is 29.0. The monoisotopic (exact) mass is 323 g/mol. The van der Waals surface area contributed by atoms with Crippen LogP contribution in [-0.4, -0.2) is 24.5 Å². The van der Waals surface area contributed by atoms with Crippen LogP contribution in [0, 0.1) is 6.92 Å². The van der Waals surface area contributed by atoms with Crippen LogP contribution in [-0.2, 0) is 10.1 Å². The number of phenols is 2. The van der Waals surface area contributed by atoms with Gasteiger partial charge in [0, 0.05) is 5.56 Å². The molecule has 0 saturated heterocycles. The van der Waals surface area contributed by atoms with E-state index in [1.54, 1.807) is 19.1 Å². The van der Waals surface area contributed by atoms with Crippen LogP contribution in [0.3, 0.4) is 0 Å². The van der Waals surface area contributed by atoms with E-state index in [0.29, 0.717) is 0 Å². The number of aromatic hydroxyl groups is 2. The van der Waals surface area contributed by atoms with Crippen molar-refractivity contribution in [3.05, 3.63) is 47.5 Å². The van der Waals surface area contributed by atoms with Gasteiger partial charge < -0.3 is 20.1 Å². The number of hydrogen-bond acceptors (Lipinski definition) is 6. The second kappa shape index (κ2) is 5.57. The Kier molecular flexibility index (Phi) is 3.96. The number of carbonyl (C=O) groups is 1. The summed E-state index contributed by atoms with van der Waals surface area (Å²) in [6.45, 7) is 1.79. The van der Waals surface area contributed by atoms with Crippen LogP contribution < -0.4 is 9.92 Å². The number of rotatable bonds is 4. The summed E-state index contributed by atoms with van der Waals surface area (Å²) in [5, 5.41) is 19.2. The topological polar surface area (TPSA) is 127 Å². The van der Waals surface area contributed by atoms with E-state index in [-0.39, 0.29) is 10.5 Å². The molecule has 2 rings (SSSR count). The Labute approximate surface area is 126 Å². The van der Waals surface area contributed by atoms with Gasteiger partial charge in [-0.3, -0.25) is 4.79 Å². The Hall–Kier alpha value is -2.74. The molecule has 0 atom stereocenters. The van der Waals surface area contributed by atoms with Crippen LogP contribution in [0.1, 0.15) is 15.9 Å². The Morgan fingerprint density at radius 2 is 1.73 bits per heavy atom. The summed E-state index contributed by atoms with van der Waals surface area (Å²) in [6.07, 6.45) is 0. The van der Waals surface area contributed by atoms with E-state index in [1.165, 1.54) is 12.1 Å². The minimum Gasteiger partial charge on any atom is -0.504 e. The summed E-state index contributed by atoms with van der Waals surface area (Å²) in [5.41, 5.74) is 5.71. The van der Waals surface area contributed by atoms with Crippen LogP contribution in [0.15, 0.2) is 41.3 Å². The van der Waals surface area contributed by atoms with Crippen molar-refractivity contribution in [3.63, 3.8) is 0 Å². The van der Waals surface area contributed by atoms with E-state index in [2.05, 4.69) is 0 Å². The quantitative estimate of drug-likeness (QED) is 0.574. The van der Waals surface area contributed by atoms with Crippen molar-refractivity contribution in [2.75, 3.05) is 0 Å². The lowest BCUT2D eigenvalue weighted by molar-refractivity contribution is 0.0999. The number of carbonyl (C=O) groups excluding carboxylic acids is 1. The molecule has 1 amide bonds. The first-order chi connectivity index (χ1) is 10.2. The number of hydrogen-bond donors (Lipinski definition) is 3. The molecule has 7 nitrogen and oxygen atoms in total. The van der Waals surface area contributed by atoms with Crippen molar-refractivity contribution in [3.8, 4) is 17.2 Å². The highest BCUT2D eigenvalue weighted by molar-refractivity contribution is 7.87. The first-order valence-corrected chi connectivity index (χ1v) is 7.48. The van der Waals surface area contributed by atoms with Crippen molar-refractivity contribution in [2.24, 2.45) is 5.73 Å². The van der Waals surface area contributed by atoms with Gasteiger partial charge in [0.05, 0.1) is 0 Å². The molecule has 4 N–H and O–H groups in total. The maximum absolute atomic E-state index is 12.1. The lowest BCUT2D eigenvalue weighted by atomic mass is 10.2. The molecule has 0 fully saturated rings. The van der Waals surface area contributed by atoms with Crippen molar-refractivity contribution in [1.29, 1.82) is 0 Å². The molecule has 0 unspecified atom stereocenters. The Bertz CT molecular complexity index is 827. The van der Waals surface area contributed by atoms with Gasteiger partial charge >= 0.3 is 10.1 Å². The molecule has 2 aromatic carbocycles. The molecule has 0 aliphatic carbocycles. The average Bonchev–Trinajstić information content (AvgIpc) is 2.43. The fourth-order valence-corrected chi connectivity index (χ4v) is 2.60. The molecule has 8 heteroatoms. The van der Waals surface area contributed by atoms with Gasteiger partial charge in [0.2, 0.25) is 11.7 Å². The third-order valence-electron chi connectivity index (χ3n) is 2.85. The van der Waals surface area contributed by atoms with E-state index in [4.69, 9.17) is 9.92 Å². The van der Waals surface area contributed by atoms with E-state index >= 15 is 0 Å². The molecule has 0 aliphatic rings. The van der Waals surface area contributed by atoms with Gasteiger partial charge in [-0.25, -0.2) is 0 Å². The van der Waals surface area contributed by atoms with Crippen LogP contribution in [0.25, 0.3) is 0 Å². The van der Waals surface area contributed by atoms with Crippen LogP contribution in [0.2, 0.25) is 0 Å². The standard InChI is InChI=1S/C14H13NO6S/c1-8-2-4-10(5-3-8)22(19,20)21-12-7-9(14(15)18)6-11(16)13(12)17/h2-7,16-17H,1H3,(H2,15,18). The smallest absolute Gasteiger partial charge is 0.339 e. The summed E-state index contributed by atoms with van der Waals surface area (Å²) >= 11 is 0. The predicted octanol–water partition coefficient (Wildman–Crippen LogP) is 1.27. The zero-order valence-electron chi connectivity index (χ0n) is 11.5. The zero-order valence-corrected chi connectivity index (χ0v) is 12.3. The van der Waals surface area contributed by atoms with Gasteiger partial charge in [-0.15, -0.1) is 0 Å². The highest BCUT2D eigenvalue weighted by Crippen LogP contribution is 2.37. The lowest BCUT2D eigenvalue weighted by Gasteiger charge is -2.10. The normalized spacial score (nSPS) is 11.1. The summed E-state index contributed by atoms with van der Waals surface area (Å²) in [5.74, 6) is -3.02. The molecular weight excluding hydrogens is 310 g/mol. The number of benzene rings is 2. The van der Waals surface area contributed by atoms with E-state index in [0.717, 1.165) is 17.7 Å².